The van der Waals surface area contributed by atoms with Crippen LogP contribution in [0.2, 0.25) is 0 Å². The summed E-state index contributed by atoms with van der Waals surface area (Å²) in [7, 11) is 2.17. The SMILES string of the molecule is Cn1c2cc3[nH]c4ccccc4c3cc2c2c3cc4ccccc4cc3ccc21. The van der Waals surface area contributed by atoms with Gasteiger partial charge in [-0.1, -0.05) is 48.5 Å². The van der Waals surface area contributed by atoms with Crippen molar-refractivity contribution in [2.45, 2.75) is 0 Å². The van der Waals surface area contributed by atoms with Crippen LogP contribution in [0, 0.1) is 0 Å². The van der Waals surface area contributed by atoms with Crippen molar-refractivity contribution in [3.63, 3.8) is 0 Å². The third kappa shape index (κ3) is 1.91. The Morgan fingerprint density at radius 3 is 2.24 bits per heavy atom. The van der Waals surface area contributed by atoms with Crippen LogP contribution in [0.1, 0.15) is 0 Å². The van der Waals surface area contributed by atoms with E-state index >= 15 is 0 Å². The number of nitrogens with zero attached hydrogens (tertiary/aromatic N) is 1. The standard InChI is InChI=1S/C27H18N2/c1-29-25-11-10-18-12-16-6-2-3-7-17(16)13-20(18)27(25)22-14-21-19-8-4-5-9-23(19)28-24(21)15-26(22)29/h2-15,28H,1H3. The molecule has 0 atom stereocenters. The molecule has 2 aromatic heterocycles. The van der Waals surface area contributed by atoms with Gasteiger partial charge in [0.2, 0.25) is 0 Å². The lowest BCUT2D eigenvalue weighted by Crippen LogP contribution is -1.86. The molecule has 0 aliphatic carbocycles. The van der Waals surface area contributed by atoms with E-state index in [1.807, 2.05) is 0 Å². The molecule has 2 heteroatoms. The highest BCUT2D eigenvalue weighted by Crippen LogP contribution is 2.39. The van der Waals surface area contributed by atoms with Crippen molar-refractivity contribution in [1.82, 2.24) is 9.55 Å². The van der Waals surface area contributed by atoms with Gasteiger partial charge in [-0.05, 0) is 57.9 Å². The van der Waals surface area contributed by atoms with Crippen LogP contribution in [0.25, 0.3) is 65.2 Å². The number of aryl methyl sites for hydroxylation is 1. The summed E-state index contributed by atoms with van der Waals surface area (Å²) in [6, 6.07) is 31.0. The highest BCUT2D eigenvalue weighted by molar-refractivity contribution is 6.25. The Balaban J connectivity index is 1.74. The number of H-pyrrole nitrogens is 1. The van der Waals surface area contributed by atoms with Gasteiger partial charge in [0.1, 0.15) is 0 Å². The molecular weight excluding hydrogens is 352 g/mol. The molecular formula is C27H18N2. The summed E-state index contributed by atoms with van der Waals surface area (Å²) >= 11 is 0. The van der Waals surface area contributed by atoms with Crippen molar-refractivity contribution in [2.24, 2.45) is 7.05 Å². The first-order chi connectivity index (χ1) is 14.3. The summed E-state index contributed by atoms with van der Waals surface area (Å²) in [6.07, 6.45) is 0. The zero-order chi connectivity index (χ0) is 19.1. The smallest absolute Gasteiger partial charge is 0.0510 e. The maximum atomic E-state index is 3.59. The molecule has 7 aromatic rings. The van der Waals surface area contributed by atoms with Crippen LogP contribution in [0.15, 0.2) is 84.9 Å². The first-order valence-corrected chi connectivity index (χ1v) is 10.0. The highest BCUT2D eigenvalue weighted by atomic mass is 14.9. The van der Waals surface area contributed by atoms with E-state index in [1.165, 1.54) is 65.2 Å². The second kappa shape index (κ2) is 5.18. The summed E-state index contributed by atoms with van der Waals surface area (Å²) in [5, 5.41) is 10.4. The lowest BCUT2D eigenvalue weighted by molar-refractivity contribution is 1.02. The molecule has 0 saturated heterocycles. The fourth-order valence-electron chi connectivity index (χ4n) is 5.06. The molecule has 0 unspecified atom stereocenters. The summed E-state index contributed by atoms with van der Waals surface area (Å²) in [4.78, 5) is 3.59. The molecule has 2 heterocycles. The van der Waals surface area contributed by atoms with Crippen molar-refractivity contribution in [2.75, 3.05) is 0 Å². The number of aromatic nitrogens is 2. The molecule has 1 N–H and O–H groups in total. The van der Waals surface area contributed by atoms with Crippen LogP contribution in [-0.2, 0) is 7.05 Å². The van der Waals surface area contributed by atoms with Crippen LogP contribution in [0.5, 0.6) is 0 Å². The minimum atomic E-state index is 1.19. The van der Waals surface area contributed by atoms with E-state index in [0.717, 1.165) is 0 Å². The van der Waals surface area contributed by atoms with Crippen LogP contribution in [-0.4, -0.2) is 9.55 Å². The monoisotopic (exact) mass is 370 g/mol. The molecule has 0 amide bonds. The number of aromatic amines is 1. The van der Waals surface area contributed by atoms with E-state index < -0.39 is 0 Å². The van der Waals surface area contributed by atoms with E-state index in [4.69, 9.17) is 0 Å². The van der Waals surface area contributed by atoms with Gasteiger partial charge in [0.15, 0.2) is 0 Å². The average molecular weight is 370 g/mol. The van der Waals surface area contributed by atoms with Gasteiger partial charge in [-0.15, -0.1) is 0 Å². The number of hydrogen-bond acceptors (Lipinski definition) is 0. The lowest BCUT2D eigenvalue weighted by Gasteiger charge is -2.05. The maximum Gasteiger partial charge on any atom is 0.0510 e. The third-order valence-electron chi connectivity index (χ3n) is 6.48. The van der Waals surface area contributed by atoms with Gasteiger partial charge >= 0.3 is 0 Å². The number of benzene rings is 5. The number of para-hydroxylation sites is 1. The van der Waals surface area contributed by atoms with Crippen molar-refractivity contribution in [3.05, 3.63) is 84.9 Å². The van der Waals surface area contributed by atoms with Crippen LogP contribution in [0.3, 0.4) is 0 Å². The Hall–Kier alpha value is -3.78. The molecule has 0 bridgehead atoms. The van der Waals surface area contributed by atoms with E-state index in [1.54, 1.807) is 0 Å². The second-order valence-electron chi connectivity index (χ2n) is 8.02. The van der Waals surface area contributed by atoms with Crippen LogP contribution < -0.4 is 0 Å². The zero-order valence-electron chi connectivity index (χ0n) is 16.0. The predicted octanol–water partition coefficient (Wildman–Crippen LogP) is 7.27. The molecule has 7 rings (SSSR count). The van der Waals surface area contributed by atoms with Gasteiger partial charge in [-0.25, -0.2) is 0 Å². The molecule has 0 aliphatic heterocycles. The van der Waals surface area contributed by atoms with E-state index in [9.17, 15) is 0 Å². The molecule has 29 heavy (non-hydrogen) atoms. The Labute approximate surface area is 167 Å². The number of hydrogen-bond donors (Lipinski definition) is 1. The predicted molar refractivity (Wildman–Crippen MR) is 125 cm³/mol. The van der Waals surface area contributed by atoms with Crippen LogP contribution in [0.4, 0.5) is 0 Å². The van der Waals surface area contributed by atoms with E-state index in [0.29, 0.717) is 0 Å². The Morgan fingerprint density at radius 2 is 1.34 bits per heavy atom. The zero-order valence-corrected chi connectivity index (χ0v) is 16.0. The molecule has 0 spiro atoms. The van der Waals surface area contributed by atoms with Gasteiger partial charge in [0, 0.05) is 45.1 Å². The van der Waals surface area contributed by atoms with Crippen molar-refractivity contribution in [3.8, 4) is 0 Å². The van der Waals surface area contributed by atoms with Gasteiger partial charge in [-0.2, -0.15) is 0 Å². The number of rotatable bonds is 0. The summed E-state index contributed by atoms with van der Waals surface area (Å²) < 4.78 is 2.32. The van der Waals surface area contributed by atoms with Crippen molar-refractivity contribution < 1.29 is 0 Å². The quantitative estimate of drug-likeness (QED) is 0.271. The third-order valence-corrected chi connectivity index (χ3v) is 6.48. The molecule has 0 aliphatic rings. The van der Waals surface area contributed by atoms with Crippen molar-refractivity contribution in [1.29, 1.82) is 0 Å². The highest BCUT2D eigenvalue weighted by Gasteiger charge is 2.14. The molecule has 0 radical (unpaired) electrons. The number of nitrogens with one attached hydrogen (secondary N) is 1. The van der Waals surface area contributed by atoms with Gasteiger partial charge < -0.3 is 9.55 Å². The maximum absolute atomic E-state index is 3.59. The Kier molecular flexibility index (Phi) is 2.71. The van der Waals surface area contributed by atoms with Gasteiger partial charge in [0.05, 0.1) is 5.52 Å². The molecule has 136 valence electrons. The molecule has 0 saturated carbocycles. The molecule has 5 aromatic carbocycles. The first-order valence-electron chi connectivity index (χ1n) is 10.0. The Bertz CT molecular complexity index is 1760. The van der Waals surface area contributed by atoms with Gasteiger partial charge in [-0.3, -0.25) is 0 Å². The average Bonchev–Trinajstić information content (AvgIpc) is 3.26. The normalized spacial score (nSPS) is 12.3. The molecule has 0 fully saturated rings. The topological polar surface area (TPSA) is 20.7 Å². The largest absolute Gasteiger partial charge is 0.354 e. The summed E-state index contributed by atoms with van der Waals surface area (Å²) in [5.41, 5.74) is 4.93. The first kappa shape index (κ1) is 15.2. The fourth-order valence-corrected chi connectivity index (χ4v) is 5.06. The number of fused-ring (bicyclic) bond motifs is 9. The minimum absolute atomic E-state index is 1.19. The summed E-state index contributed by atoms with van der Waals surface area (Å²) in [6.45, 7) is 0. The fraction of sp³-hybridized carbons (Fsp3) is 0.0370. The summed E-state index contributed by atoms with van der Waals surface area (Å²) in [5.74, 6) is 0. The van der Waals surface area contributed by atoms with Gasteiger partial charge in [0.25, 0.3) is 0 Å². The van der Waals surface area contributed by atoms with Crippen LogP contribution >= 0.6 is 0 Å². The second-order valence-corrected chi connectivity index (χ2v) is 8.02. The van der Waals surface area contributed by atoms with Crippen molar-refractivity contribution >= 4 is 65.2 Å². The Morgan fingerprint density at radius 1 is 0.552 bits per heavy atom. The van der Waals surface area contributed by atoms with E-state index in [2.05, 4.69) is 102 Å². The lowest BCUT2D eigenvalue weighted by atomic mass is 9.99. The van der Waals surface area contributed by atoms with E-state index in [-0.39, 0.29) is 0 Å². The minimum Gasteiger partial charge on any atom is -0.354 e. The molecule has 2 nitrogen and oxygen atoms in total.